The summed E-state index contributed by atoms with van der Waals surface area (Å²) in [5.41, 5.74) is 2.97. The number of carbonyl (C=O) groups is 1. The molecular weight excluding hydrogens is 304 g/mol. The van der Waals surface area contributed by atoms with Crippen LogP contribution in [0.25, 0.3) is 0 Å². The Hall–Kier alpha value is -2.30. The van der Waals surface area contributed by atoms with E-state index in [4.69, 9.17) is 9.47 Å². The van der Waals surface area contributed by atoms with Crippen molar-refractivity contribution in [3.05, 3.63) is 35.7 Å². The Bertz CT molecular complexity index is 702. The minimum Gasteiger partial charge on any atom is -0.497 e. The lowest BCUT2D eigenvalue weighted by Gasteiger charge is -2.36. The molecule has 1 aliphatic carbocycles. The molecule has 0 spiro atoms. The first-order valence-electron chi connectivity index (χ1n) is 8.22. The van der Waals surface area contributed by atoms with Gasteiger partial charge < -0.3 is 14.8 Å². The molecule has 1 heterocycles. The lowest BCUT2D eigenvalue weighted by Crippen LogP contribution is -2.37. The molecule has 24 heavy (non-hydrogen) atoms. The van der Waals surface area contributed by atoms with E-state index in [1.807, 2.05) is 24.3 Å². The minimum atomic E-state index is -0.375. The average Bonchev–Trinajstić information content (AvgIpc) is 2.54. The van der Waals surface area contributed by atoms with Crippen molar-refractivity contribution in [3.63, 3.8) is 0 Å². The summed E-state index contributed by atoms with van der Waals surface area (Å²) >= 11 is 0. The number of carbonyl (C=O) groups excluding carboxylic acids is 1. The predicted molar refractivity (Wildman–Crippen MR) is 94.5 cm³/mol. The van der Waals surface area contributed by atoms with Gasteiger partial charge in [0, 0.05) is 5.69 Å². The smallest absolute Gasteiger partial charge is 0.159 e. The quantitative estimate of drug-likeness (QED) is 0.918. The number of ether oxygens (including phenoxy) is 2. The highest BCUT2D eigenvalue weighted by Gasteiger charge is 2.36. The number of hydrogen-bond acceptors (Lipinski definition) is 5. The number of rotatable bonds is 4. The van der Waals surface area contributed by atoms with Crippen LogP contribution in [0.3, 0.4) is 0 Å². The van der Waals surface area contributed by atoms with Crippen LogP contribution >= 0.6 is 0 Å². The largest absolute Gasteiger partial charge is 0.497 e. The summed E-state index contributed by atoms with van der Waals surface area (Å²) < 4.78 is 11.1. The van der Waals surface area contributed by atoms with E-state index in [0.717, 1.165) is 41.4 Å². The molecule has 0 amide bonds. The van der Waals surface area contributed by atoms with Gasteiger partial charge in [-0.05, 0) is 49.4 Å². The summed E-state index contributed by atoms with van der Waals surface area (Å²) in [6.07, 6.45) is 1.69. The molecule has 0 aromatic heterocycles. The van der Waals surface area contributed by atoms with E-state index in [1.165, 1.54) is 0 Å². The molecule has 1 aliphatic heterocycles. The number of aliphatic imine (C=N–C) groups is 1. The Morgan fingerprint density at radius 2 is 2.00 bits per heavy atom. The summed E-state index contributed by atoms with van der Waals surface area (Å²) in [7, 11) is 1.65. The van der Waals surface area contributed by atoms with Gasteiger partial charge in [0.05, 0.1) is 18.5 Å². The first kappa shape index (κ1) is 16.6. The molecule has 1 aromatic carbocycles. The highest BCUT2D eigenvalue weighted by atomic mass is 16.5. The van der Waals surface area contributed by atoms with Crippen molar-refractivity contribution in [1.29, 1.82) is 0 Å². The normalized spacial score (nSPS) is 22.2. The lowest BCUT2D eigenvalue weighted by molar-refractivity contribution is -0.119. The van der Waals surface area contributed by atoms with Gasteiger partial charge in [-0.3, -0.25) is 9.79 Å². The van der Waals surface area contributed by atoms with Crippen molar-refractivity contribution in [1.82, 2.24) is 0 Å². The van der Waals surface area contributed by atoms with Gasteiger partial charge in [-0.2, -0.15) is 0 Å². The van der Waals surface area contributed by atoms with Gasteiger partial charge in [0.2, 0.25) is 0 Å². The second kappa shape index (κ2) is 6.30. The molecule has 1 atom stereocenters. The van der Waals surface area contributed by atoms with E-state index in [2.05, 4.69) is 24.2 Å². The number of nitrogens with one attached hydrogen (secondary N) is 1. The summed E-state index contributed by atoms with van der Waals surface area (Å²) in [4.78, 5) is 16.3. The Morgan fingerprint density at radius 3 is 2.62 bits per heavy atom. The molecule has 1 unspecified atom stereocenters. The van der Waals surface area contributed by atoms with E-state index in [0.29, 0.717) is 6.61 Å². The van der Waals surface area contributed by atoms with E-state index >= 15 is 0 Å². The number of ketones is 1. The number of nitrogens with zero attached hydrogens (tertiary/aromatic N) is 1. The second-order valence-electron chi connectivity index (χ2n) is 7.19. The zero-order valence-electron chi connectivity index (χ0n) is 14.7. The summed E-state index contributed by atoms with van der Waals surface area (Å²) in [6, 6.07) is 7.42. The Labute approximate surface area is 142 Å². The van der Waals surface area contributed by atoms with Crippen LogP contribution in [-0.2, 0) is 9.53 Å². The fraction of sp³-hybridized carbons (Fsp3) is 0.474. The third kappa shape index (κ3) is 3.45. The Balaban J connectivity index is 1.91. The van der Waals surface area contributed by atoms with Crippen LogP contribution in [0.15, 0.2) is 40.7 Å². The monoisotopic (exact) mass is 328 g/mol. The standard InChI is InChI=1S/C19H24N2O3/c1-12(22)17-11-24-18-15(9-19(2,3)10-16(18)21-17)20-13-5-7-14(23-4)8-6-13/h5-8,17,20H,9-11H2,1-4H3. The SMILES string of the molecule is COc1ccc(NC2=C3OCC(C(C)=O)N=C3CC(C)(C)C2)cc1. The molecule has 0 bridgehead atoms. The number of hydrogen-bond donors (Lipinski definition) is 1. The molecule has 128 valence electrons. The minimum absolute atomic E-state index is 0.0505. The number of allylic oxidation sites excluding steroid dienone is 2. The Kier molecular flexibility index (Phi) is 4.35. The van der Waals surface area contributed by atoms with Crippen molar-refractivity contribution in [3.8, 4) is 5.75 Å². The van der Waals surface area contributed by atoms with Crippen molar-refractivity contribution in [2.24, 2.45) is 10.4 Å². The van der Waals surface area contributed by atoms with E-state index in [9.17, 15) is 4.79 Å². The van der Waals surface area contributed by atoms with Crippen LogP contribution in [0.5, 0.6) is 5.75 Å². The van der Waals surface area contributed by atoms with Gasteiger partial charge in [0.25, 0.3) is 0 Å². The number of fused-ring (bicyclic) bond motifs is 1. The summed E-state index contributed by atoms with van der Waals surface area (Å²) in [5, 5.41) is 3.46. The maximum Gasteiger partial charge on any atom is 0.159 e. The molecule has 3 rings (SSSR count). The van der Waals surface area contributed by atoms with Gasteiger partial charge in [0.1, 0.15) is 18.4 Å². The fourth-order valence-corrected chi connectivity index (χ4v) is 3.15. The summed E-state index contributed by atoms with van der Waals surface area (Å²) in [6.45, 7) is 6.30. The highest BCUT2D eigenvalue weighted by molar-refractivity contribution is 6.03. The molecule has 0 radical (unpaired) electrons. The molecule has 1 N–H and O–H groups in total. The van der Waals surface area contributed by atoms with Crippen molar-refractivity contribution < 1.29 is 14.3 Å². The van der Waals surface area contributed by atoms with Gasteiger partial charge in [0.15, 0.2) is 11.5 Å². The van der Waals surface area contributed by atoms with Crippen molar-refractivity contribution in [2.45, 2.75) is 39.7 Å². The van der Waals surface area contributed by atoms with Crippen LogP contribution in [0.2, 0.25) is 0 Å². The first-order chi connectivity index (χ1) is 11.4. The number of Topliss-reactive ketones (excluding diaryl/α,β-unsaturated/α-hetero) is 1. The van der Waals surface area contributed by atoms with Crippen molar-refractivity contribution in [2.75, 3.05) is 19.0 Å². The van der Waals surface area contributed by atoms with Crippen molar-refractivity contribution >= 4 is 17.2 Å². The topological polar surface area (TPSA) is 59.9 Å². The maximum atomic E-state index is 11.6. The molecule has 0 fully saturated rings. The van der Waals surface area contributed by atoms with Crippen LogP contribution in [0.1, 0.15) is 33.6 Å². The van der Waals surface area contributed by atoms with E-state index in [1.54, 1.807) is 14.0 Å². The molecule has 0 saturated heterocycles. The zero-order chi connectivity index (χ0) is 17.3. The zero-order valence-corrected chi connectivity index (χ0v) is 14.7. The molecule has 1 aromatic rings. The van der Waals surface area contributed by atoms with Crippen LogP contribution < -0.4 is 10.1 Å². The van der Waals surface area contributed by atoms with Gasteiger partial charge >= 0.3 is 0 Å². The van der Waals surface area contributed by atoms with Crippen LogP contribution in [0.4, 0.5) is 5.69 Å². The van der Waals surface area contributed by atoms with E-state index in [-0.39, 0.29) is 17.2 Å². The highest BCUT2D eigenvalue weighted by Crippen LogP contribution is 2.39. The average molecular weight is 328 g/mol. The number of anilines is 1. The number of methoxy groups -OCH3 is 1. The predicted octanol–water partition coefficient (Wildman–Crippen LogP) is 3.57. The maximum absolute atomic E-state index is 11.6. The van der Waals surface area contributed by atoms with Gasteiger partial charge in [-0.25, -0.2) is 0 Å². The fourth-order valence-electron chi connectivity index (χ4n) is 3.15. The van der Waals surface area contributed by atoms with Gasteiger partial charge in [-0.1, -0.05) is 13.8 Å². The van der Waals surface area contributed by atoms with E-state index < -0.39 is 0 Å². The lowest BCUT2D eigenvalue weighted by atomic mass is 9.77. The second-order valence-corrected chi connectivity index (χ2v) is 7.19. The Morgan fingerprint density at radius 1 is 1.29 bits per heavy atom. The molecule has 2 aliphatic rings. The summed E-state index contributed by atoms with van der Waals surface area (Å²) in [5.74, 6) is 1.68. The third-order valence-electron chi connectivity index (χ3n) is 4.39. The van der Waals surface area contributed by atoms with Crippen LogP contribution in [0, 0.1) is 5.41 Å². The first-order valence-corrected chi connectivity index (χ1v) is 8.22. The van der Waals surface area contributed by atoms with Gasteiger partial charge in [-0.15, -0.1) is 0 Å². The van der Waals surface area contributed by atoms with Crippen LogP contribution in [-0.4, -0.2) is 31.3 Å². The number of benzene rings is 1. The molecule has 5 heteroatoms. The molecular formula is C19H24N2O3. The third-order valence-corrected chi connectivity index (χ3v) is 4.39. The molecule has 0 saturated carbocycles. The molecule has 5 nitrogen and oxygen atoms in total.